The third-order valence-corrected chi connectivity index (χ3v) is 2.97. The quantitative estimate of drug-likeness (QED) is 0.377. The van der Waals surface area contributed by atoms with Gasteiger partial charge in [0.2, 0.25) is 5.96 Å². The molecule has 0 saturated heterocycles. The Balaban J connectivity index is 2.63. The second-order valence-electron chi connectivity index (χ2n) is 2.56. The first kappa shape index (κ1) is 8.91. The number of nitrogens with two attached hydrogens (primary N) is 1. The Morgan fingerprint density at radius 3 is 3.00 bits per heavy atom. The van der Waals surface area contributed by atoms with E-state index in [1.165, 1.54) is 18.5 Å². The number of nitrogens with one attached hydrogen (secondary N) is 2. The van der Waals surface area contributed by atoms with Gasteiger partial charge in [-0.15, -0.1) is 4.40 Å². The molecule has 1 aromatic rings. The lowest BCUT2D eigenvalue weighted by molar-refractivity contribution is 0.597. The number of nitrogens with zero attached hydrogens (tertiary/aromatic N) is 2. The summed E-state index contributed by atoms with van der Waals surface area (Å²) < 4.78 is 26.3. The number of guanidine groups is 1. The molecule has 0 unspecified atom stereocenters. The number of anilines is 1. The fourth-order valence-corrected chi connectivity index (χ4v) is 2.10. The summed E-state index contributed by atoms with van der Waals surface area (Å²) in [4.78, 5) is 3.75. The number of hydrogen-bond donors (Lipinski definition) is 3. The molecule has 0 saturated carbocycles. The number of aromatic nitrogens is 1. The van der Waals surface area contributed by atoms with Crippen molar-refractivity contribution in [2.45, 2.75) is 4.90 Å². The molecule has 0 radical (unpaired) electrons. The van der Waals surface area contributed by atoms with Crippen LogP contribution in [0, 0.1) is 0 Å². The summed E-state index contributed by atoms with van der Waals surface area (Å²) in [5, 5.41) is 2.70. The molecule has 2 rings (SSSR count). The number of hydrazine groups is 1. The van der Waals surface area contributed by atoms with Gasteiger partial charge in [0.25, 0.3) is 10.0 Å². The fraction of sp³-hybridized carbons (Fsp3) is 0. The van der Waals surface area contributed by atoms with Gasteiger partial charge < -0.3 is 5.32 Å². The van der Waals surface area contributed by atoms with Crippen LogP contribution in [-0.4, -0.2) is 19.4 Å². The number of hydrogen-bond acceptors (Lipinski definition) is 6. The van der Waals surface area contributed by atoms with E-state index < -0.39 is 10.0 Å². The van der Waals surface area contributed by atoms with Crippen LogP contribution in [0.4, 0.5) is 5.69 Å². The summed E-state index contributed by atoms with van der Waals surface area (Å²) in [5.41, 5.74) is 2.55. The van der Waals surface area contributed by atoms with E-state index in [0.29, 0.717) is 5.69 Å². The van der Waals surface area contributed by atoms with Crippen molar-refractivity contribution in [2.75, 3.05) is 5.32 Å². The van der Waals surface area contributed by atoms with Crippen molar-refractivity contribution in [2.24, 2.45) is 10.2 Å². The molecule has 0 atom stereocenters. The molecule has 1 aliphatic heterocycles. The van der Waals surface area contributed by atoms with Crippen molar-refractivity contribution in [3.8, 4) is 0 Å². The van der Waals surface area contributed by atoms with E-state index in [-0.39, 0.29) is 10.9 Å². The predicted octanol–water partition coefficient (Wildman–Crippen LogP) is -0.985. The Kier molecular flexibility index (Phi) is 1.86. The first-order chi connectivity index (χ1) is 6.63. The second-order valence-corrected chi connectivity index (χ2v) is 4.13. The van der Waals surface area contributed by atoms with Crippen molar-refractivity contribution in [3.05, 3.63) is 18.5 Å². The average Bonchev–Trinajstić information content (AvgIpc) is 2.17. The first-order valence-corrected chi connectivity index (χ1v) is 5.10. The van der Waals surface area contributed by atoms with Gasteiger partial charge in [-0.25, -0.2) is 5.84 Å². The van der Waals surface area contributed by atoms with E-state index in [1.807, 2.05) is 0 Å². The number of rotatable bonds is 0. The summed E-state index contributed by atoms with van der Waals surface area (Å²) in [5.74, 6) is 5.05. The van der Waals surface area contributed by atoms with E-state index in [2.05, 4.69) is 20.1 Å². The summed E-state index contributed by atoms with van der Waals surface area (Å²) >= 11 is 0. The monoisotopic (exact) mass is 213 g/mol. The summed E-state index contributed by atoms with van der Waals surface area (Å²) in [7, 11) is -3.68. The third kappa shape index (κ3) is 1.30. The standard InChI is InChI=1S/C6H7N5O2S/c7-10-6-9-4-1-2-8-3-5(4)14(12,13)11-6/h1-3H,7H2,(H2,9,10,11). The SMILES string of the molecule is NNC1=NS(=O)(=O)c2cnccc2N1. The van der Waals surface area contributed by atoms with Gasteiger partial charge in [-0.1, -0.05) is 0 Å². The van der Waals surface area contributed by atoms with Crippen LogP contribution in [-0.2, 0) is 10.0 Å². The van der Waals surface area contributed by atoms with Crippen molar-refractivity contribution in [1.29, 1.82) is 0 Å². The third-order valence-electron chi connectivity index (χ3n) is 1.66. The van der Waals surface area contributed by atoms with Gasteiger partial charge in [0, 0.05) is 12.4 Å². The molecule has 0 amide bonds. The lowest BCUT2D eigenvalue weighted by Crippen LogP contribution is -2.39. The van der Waals surface area contributed by atoms with Crippen LogP contribution in [0.1, 0.15) is 0 Å². The van der Waals surface area contributed by atoms with Crippen molar-refractivity contribution >= 4 is 21.7 Å². The van der Waals surface area contributed by atoms with Crippen LogP contribution < -0.4 is 16.6 Å². The molecule has 2 heterocycles. The molecule has 0 bridgehead atoms. The molecule has 8 heteroatoms. The maximum Gasteiger partial charge on any atom is 0.289 e. The van der Waals surface area contributed by atoms with Gasteiger partial charge in [0.1, 0.15) is 4.90 Å². The molecular formula is C6H7N5O2S. The lowest BCUT2D eigenvalue weighted by Gasteiger charge is -2.16. The van der Waals surface area contributed by atoms with Crippen LogP contribution in [0.25, 0.3) is 0 Å². The van der Waals surface area contributed by atoms with E-state index in [9.17, 15) is 8.42 Å². The largest absolute Gasteiger partial charge is 0.323 e. The van der Waals surface area contributed by atoms with Gasteiger partial charge in [-0.2, -0.15) is 8.42 Å². The fourth-order valence-electron chi connectivity index (χ4n) is 1.07. The Hall–Kier alpha value is -1.67. The Morgan fingerprint density at radius 1 is 1.50 bits per heavy atom. The van der Waals surface area contributed by atoms with Crippen LogP contribution in [0.15, 0.2) is 27.8 Å². The summed E-state index contributed by atoms with van der Waals surface area (Å²) in [6, 6.07) is 1.53. The Morgan fingerprint density at radius 2 is 2.29 bits per heavy atom. The average molecular weight is 213 g/mol. The zero-order valence-corrected chi connectivity index (χ0v) is 7.75. The number of sulfonamides is 1. The first-order valence-electron chi connectivity index (χ1n) is 3.66. The summed E-state index contributed by atoms with van der Waals surface area (Å²) in [6.07, 6.45) is 2.70. The molecule has 7 nitrogen and oxygen atoms in total. The van der Waals surface area contributed by atoms with Crippen LogP contribution >= 0.6 is 0 Å². The van der Waals surface area contributed by atoms with Crippen molar-refractivity contribution < 1.29 is 8.42 Å². The highest BCUT2D eigenvalue weighted by Crippen LogP contribution is 2.24. The minimum absolute atomic E-state index is 0.0105. The van der Waals surface area contributed by atoms with Gasteiger partial charge in [0.05, 0.1) is 5.69 Å². The highest BCUT2D eigenvalue weighted by Gasteiger charge is 2.24. The molecular weight excluding hydrogens is 206 g/mol. The molecule has 0 aromatic carbocycles. The number of pyridine rings is 1. The molecule has 14 heavy (non-hydrogen) atoms. The molecule has 1 aliphatic rings. The highest BCUT2D eigenvalue weighted by molar-refractivity contribution is 7.90. The molecule has 74 valence electrons. The molecule has 1 aromatic heterocycles. The molecule has 0 spiro atoms. The van der Waals surface area contributed by atoms with Gasteiger partial charge in [-0.05, 0) is 6.07 Å². The minimum atomic E-state index is -3.68. The number of fused-ring (bicyclic) bond motifs is 1. The van der Waals surface area contributed by atoms with Crippen LogP contribution in [0.5, 0.6) is 0 Å². The van der Waals surface area contributed by atoms with Gasteiger partial charge in [0.15, 0.2) is 0 Å². The Bertz CT molecular complexity index is 495. The van der Waals surface area contributed by atoms with Gasteiger partial charge in [-0.3, -0.25) is 10.4 Å². The van der Waals surface area contributed by atoms with E-state index >= 15 is 0 Å². The molecule has 4 N–H and O–H groups in total. The van der Waals surface area contributed by atoms with Crippen LogP contribution in [0.2, 0.25) is 0 Å². The van der Waals surface area contributed by atoms with E-state index in [0.717, 1.165) is 0 Å². The zero-order chi connectivity index (χ0) is 10.2. The van der Waals surface area contributed by atoms with E-state index in [1.54, 1.807) is 0 Å². The van der Waals surface area contributed by atoms with Crippen molar-refractivity contribution in [1.82, 2.24) is 10.4 Å². The normalized spacial score (nSPS) is 17.6. The van der Waals surface area contributed by atoms with Crippen molar-refractivity contribution in [3.63, 3.8) is 0 Å². The van der Waals surface area contributed by atoms with Gasteiger partial charge >= 0.3 is 0 Å². The maximum atomic E-state index is 11.5. The lowest BCUT2D eigenvalue weighted by atomic mass is 10.4. The second kappa shape index (κ2) is 2.93. The van der Waals surface area contributed by atoms with E-state index in [4.69, 9.17) is 5.84 Å². The molecule has 0 fully saturated rings. The maximum absolute atomic E-state index is 11.5. The molecule has 0 aliphatic carbocycles. The summed E-state index contributed by atoms with van der Waals surface area (Å²) in [6.45, 7) is 0. The predicted molar refractivity (Wildman–Crippen MR) is 49.8 cm³/mol. The van der Waals surface area contributed by atoms with Crippen LogP contribution in [0.3, 0.4) is 0 Å². The topological polar surface area (TPSA) is 109 Å². The highest BCUT2D eigenvalue weighted by atomic mass is 32.2. The zero-order valence-electron chi connectivity index (χ0n) is 6.93. The minimum Gasteiger partial charge on any atom is -0.323 e. The smallest absolute Gasteiger partial charge is 0.289 e. The Labute approximate surface area is 80.1 Å².